The van der Waals surface area contributed by atoms with Gasteiger partial charge in [0.1, 0.15) is 6.07 Å². The van der Waals surface area contributed by atoms with Crippen molar-refractivity contribution in [3.05, 3.63) is 65.5 Å². The first-order valence-corrected chi connectivity index (χ1v) is 8.07. The van der Waals surface area contributed by atoms with Crippen LogP contribution < -0.4 is 0 Å². The van der Waals surface area contributed by atoms with Gasteiger partial charge < -0.3 is 10.0 Å². The highest BCUT2D eigenvalue weighted by Crippen LogP contribution is 2.27. The lowest BCUT2D eigenvalue weighted by Crippen LogP contribution is -2.36. The molecule has 1 saturated heterocycles. The van der Waals surface area contributed by atoms with Crippen molar-refractivity contribution in [2.45, 2.75) is 24.9 Å². The summed E-state index contributed by atoms with van der Waals surface area (Å²) in [7, 11) is 0. The summed E-state index contributed by atoms with van der Waals surface area (Å²) in [6.45, 7) is 2.62. The van der Waals surface area contributed by atoms with Gasteiger partial charge in [0.25, 0.3) is 0 Å². The number of nitrogens with zero attached hydrogens (tertiary/aromatic N) is 3. The Balaban J connectivity index is 1.53. The first-order valence-electron chi connectivity index (χ1n) is 8.07. The van der Waals surface area contributed by atoms with Crippen LogP contribution in [0.4, 0.5) is 0 Å². The first-order chi connectivity index (χ1) is 11.3. The second-order valence-electron chi connectivity index (χ2n) is 6.08. The fraction of sp³-hybridized carbons (Fsp3) is 0.368. The number of rotatable bonds is 4. The number of likely N-dealkylation sites (tertiary alicyclic amines) is 1. The fourth-order valence-electron chi connectivity index (χ4n) is 3.15. The lowest BCUT2D eigenvalue weighted by Gasteiger charge is -2.33. The van der Waals surface area contributed by atoms with E-state index in [1.54, 1.807) is 6.20 Å². The largest absolute Gasteiger partial charge is 0.387 e. The second kappa shape index (κ2) is 7.36. The Morgan fingerprint density at radius 1 is 1.17 bits per heavy atom. The van der Waals surface area contributed by atoms with Crippen molar-refractivity contribution in [2.24, 2.45) is 0 Å². The Bertz CT molecular complexity index is 655. The molecular formula is C19H21N3O. The van der Waals surface area contributed by atoms with Gasteiger partial charge in [0.15, 0.2) is 0 Å². The summed E-state index contributed by atoms with van der Waals surface area (Å²) in [5.74, 6) is 0.452. The van der Waals surface area contributed by atoms with Crippen LogP contribution in [0, 0.1) is 11.3 Å². The Morgan fingerprint density at radius 3 is 2.52 bits per heavy atom. The molecule has 3 rings (SSSR count). The fourth-order valence-corrected chi connectivity index (χ4v) is 3.15. The van der Waals surface area contributed by atoms with Gasteiger partial charge in [-0.1, -0.05) is 30.3 Å². The van der Waals surface area contributed by atoms with Crippen LogP contribution in [0.15, 0.2) is 48.7 Å². The molecule has 0 radical (unpaired) electrons. The molecule has 0 unspecified atom stereocenters. The van der Waals surface area contributed by atoms with E-state index < -0.39 is 6.10 Å². The van der Waals surface area contributed by atoms with Crippen LogP contribution in [0.3, 0.4) is 0 Å². The molecule has 0 amide bonds. The molecule has 0 bridgehead atoms. The predicted molar refractivity (Wildman–Crippen MR) is 88.8 cm³/mol. The quantitative estimate of drug-likeness (QED) is 0.943. The number of aliphatic hydroxyl groups excluding tert-OH is 1. The topological polar surface area (TPSA) is 60.2 Å². The summed E-state index contributed by atoms with van der Waals surface area (Å²) in [6.07, 6.45) is 3.31. The minimum Gasteiger partial charge on any atom is -0.387 e. The summed E-state index contributed by atoms with van der Waals surface area (Å²) in [6, 6.07) is 15.7. The average Bonchev–Trinajstić information content (AvgIpc) is 2.63. The molecule has 1 N–H and O–H groups in total. The van der Waals surface area contributed by atoms with Crippen LogP contribution in [-0.4, -0.2) is 34.6 Å². The van der Waals surface area contributed by atoms with E-state index in [0.717, 1.165) is 37.2 Å². The third kappa shape index (κ3) is 3.95. The minimum atomic E-state index is -0.430. The molecule has 1 aromatic heterocycles. The van der Waals surface area contributed by atoms with Crippen LogP contribution in [0.1, 0.15) is 41.7 Å². The molecule has 1 aliphatic rings. The lowest BCUT2D eigenvalue weighted by atomic mass is 9.92. The number of hydrogen-bond donors (Lipinski definition) is 1. The monoisotopic (exact) mass is 307 g/mol. The van der Waals surface area contributed by atoms with E-state index in [4.69, 9.17) is 5.26 Å². The van der Waals surface area contributed by atoms with E-state index in [0.29, 0.717) is 18.0 Å². The van der Waals surface area contributed by atoms with E-state index in [9.17, 15) is 5.11 Å². The van der Waals surface area contributed by atoms with Gasteiger partial charge in [-0.05, 0) is 43.6 Å². The van der Waals surface area contributed by atoms with E-state index in [1.807, 2.05) is 42.5 Å². The summed E-state index contributed by atoms with van der Waals surface area (Å²) in [5.41, 5.74) is 2.66. The molecule has 4 heteroatoms. The van der Waals surface area contributed by atoms with Crippen LogP contribution in [0.5, 0.6) is 0 Å². The molecule has 2 aromatic rings. The Labute approximate surface area is 137 Å². The summed E-state index contributed by atoms with van der Waals surface area (Å²) < 4.78 is 0. The van der Waals surface area contributed by atoms with Crippen molar-refractivity contribution < 1.29 is 5.11 Å². The molecule has 0 saturated carbocycles. The Morgan fingerprint density at radius 2 is 1.91 bits per heavy atom. The van der Waals surface area contributed by atoms with Crippen molar-refractivity contribution in [3.63, 3.8) is 0 Å². The standard InChI is InChI=1S/C19H21N3O/c20-12-15-6-7-18(21-13-15)16-8-10-22(11-9-16)14-19(23)17-4-2-1-3-5-17/h1-7,13,16,19,23H,8-11,14H2/t19-/m0/s1. The number of β-amino-alcohol motifs (C(OH)–C–C–N with tert-alkyl or cyclic N) is 1. The Hall–Kier alpha value is -2.22. The maximum Gasteiger partial charge on any atom is 0.101 e. The Kier molecular flexibility index (Phi) is 5.02. The molecule has 23 heavy (non-hydrogen) atoms. The lowest BCUT2D eigenvalue weighted by molar-refractivity contribution is 0.0969. The average molecular weight is 307 g/mol. The molecule has 1 aromatic carbocycles. The van der Waals surface area contributed by atoms with Crippen LogP contribution in [-0.2, 0) is 0 Å². The maximum atomic E-state index is 10.3. The zero-order chi connectivity index (χ0) is 16.1. The third-order valence-corrected chi connectivity index (χ3v) is 4.54. The summed E-state index contributed by atoms with van der Waals surface area (Å²) >= 11 is 0. The van der Waals surface area contributed by atoms with Crippen molar-refractivity contribution in [2.75, 3.05) is 19.6 Å². The highest BCUT2D eigenvalue weighted by molar-refractivity contribution is 5.27. The first kappa shape index (κ1) is 15.7. The van der Waals surface area contributed by atoms with Crippen LogP contribution in [0.2, 0.25) is 0 Å². The van der Waals surface area contributed by atoms with Gasteiger partial charge in [-0.3, -0.25) is 4.98 Å². The van der Waals surface area contributed by atoms with Crippen molar-refractivity contribution in [1.82, 2.24) is 9.88 Å². The number of pyridine rings is 1. The van der Waals surface area contributed by atoms with Crippen molar-refractivity contribution >= 4 is 0 Å². The van der Waals surface area contributed by atoms with E-state index in [2.05, 4.69) is 16.0 Å². The van der Waals surface area contributed by atoms with E-state index >= 15 is 0 Å². The highest BCUT2D eigenvalue weighted by atomic mass is 16.3. The number of aromatic nitrogens is 1. The third-order valence-electron chi connectivity index (χ3n) is 4.54. The molecule has 0 spiro atoms. The van der Waals surface area contributed by atoms with Gasteiger partial charge in [0.05, 0.1) is 11.7 Å². The van der Waals surface area contributed by atoms with E-state index in [1.165, 1.54) is 0 Å². The summed E-state index contributed by atoms with van der Waals surface area (Å²) in [5, 5.41) is 19.2. The molecule has 0 aliphatic carbocycles. The maximum absolute atomic E-state index is 10.3. The van der Waals surface area contributed by atoms with Gasteiger partial charge >= 0.3 is 0 Å². The molecule has 4 nitrogen and oxygen atoms in total. The molecule has 1 aliphatic heterocycles. The zero-order valence-electron chi connectivity index (χ0n) is 13.1. The highest BCUT2D eigenvalue weighted by Gasteiger charge is 2.23. The molecule has 1 fully saturated rings. The van der Waals surface area contributed by atoms with E-state index in [-0.39, 0.29) is 0 Å². The number of nitriles is 1. The van der Waals surface area contributed by atoms with Crippen LogP contribution in [0.25, 0.3) is 0 Å². The molecular weight excluding hydrogens is 286 g/mol. The number of piperidine rings is 1. The predicted octanol–water partition coefficient (Wildman–Crippen LogP) is 2.87. The smallest absolute Gasteiger partial charge is 0.101 e. The minimum absolute atomic E-state index is 0.430. The molecule has 118 valence electrons. The van der Waals surface area contributed by atoms with Gasteiger partial charge in [-0.25, -0.2) is 0 Å². The van der Waals surface area contributed by atoms with Gasteiger partial charge in [-0.2, -0.15) is 5.26 Å². The zero-order valence-corrected chi connectivity index (χ0v) is 13.1. The molecule has 1 atom stereocenters. The SMILES string of the molecule is N#Cc1ccc(C2CCN(C[C@H](O)c3ccccc3)CC2)nc1. The van der Waals surface area contributed by atoms with Gasteiger partial charge in [-0.15, -0.1) is 0 Å². The van der Waals surface area contributed by atoms with Crippen molar-refractivity contribution in [1.29, 1.82) is 5.26 Å². The van der Waals surface area contributed by atoms with Crippen molar-refractivity contribution in [3.8, 4) is 6.07 Å². The summed E-state index contributed by atoms with van der Waals surface area (Å²) in [4.78, 5) is 6.73. The number of hydrogen-bond acceptors (Lipinski definition) is 4. The number of benzene rings is 1. The number of aliphatic hydroxyl groups is 1. The van der Waals surface area contributed by atoms with Gasteiger partial charge in [0.2, 0.25) is 0 Å². The molecule has 2 heterocycles. The van der Waals surface area contributed by atoms with Gasteiger partial charge in [0, 0.05) is 24.4 Å². The second-order valence-corrected chi connectivity index (χ2v) is 6.08. The normalized spacial score (nSPS) is 17.6. The van der Waals surface area contributed by atoms with Crippen LogP contribution >= 0.6 is 0 Å².